The standard InChI is InChI=1S/C17H18F3N/c1-12-4-9-16(14(10-12)11-21(2)3)13-5-7-15(8-6-13)17(18,19)20/h4-10H,11H2,1-3H3. The molecule has 0 amide bonds. The summed E-state index contributed by atoms with van der Waals surface area (Å²) in [5, 5.41) is 0. The van der Waals surface area contributed by atoms with Crippen molar-refractivity contribution >= 4 is 0 Å². The van der Waals surface area contributed by atoms with E-state index in [2.05, 4.69) is 6.07 Å². The first-order chi connectivity index (χ1) is 9.77. The highest BCUT2D eigenvalue weighted by atomic mass is 19.4. The molecule has 0 saturated heterocycles. The zero-order chi connectivity index (χ0) is 15.6. The Morgan fingerprint density at radius 2 is 1.57 bits per heavy atom. The normalized spacial score (nSPS) is 12.0. The summed E-state index contributed by atoms with van der Waals surface area (Å²) in [6, 6.07) is 11.4. The maximum Gasteiger partial charge on any atom is 0.416 e. The zero-order valence-electron chi connectivity index (χ0n) is 12.3. The second kappa shape index (κ2) is 5.90. The number of alkyl halides is 3. The van der Waals surface area contributed by atoms with Crippen molar-refractivity contribution in [3.8, 4) is 11.1 Å². The summed E-state index contributed by atoms with van der Waals surface area (Å²) in [6.45, 7) is 2.76. The lowest BCUT2D eigenvalue weighted by Gasteiger charge is -2.16. The summed E-state index contributed by atoms with van der Waals surface area (Å²) >= 11 is 0. The molecule has 21 heavy (non-hydrogen) atoms. The summed E-state index contributed by atoms with van der Waals surface area (Å²) in [4.78, 5) is 2.04. The lowest BCUT2D eigenvalue weighted by atomic mass is 9.96. The minimum atomic E-state index is -4.29. The van der Waals surface area contributed by atoms with Gasteiger partial charge >= 0.3 is 6.18 Å². The van der Waals surface area contributed by atoms with Crippen LogP contribution >= 0.6 is 0 Å². The molecule has 2 aromatic rings. The van der Waals surface area contributed by atoms with E-state index in [0.717, 1.165) is 40.9 Å². The van der Waals surface area contributed by atoms with Crippen LogP contribution in [-0.2, 0) is 12.7 Å². The van der Waals surface area contributed by atoms with Crippen molar-refractivity contribution < 1.29 is 13.2 Å². The maximum absolute atomic E-state index is 12.6. The van der Waals surface area contributed by atoms with Gasteiger partial charge in [0.1, 0.15) is 0 Å². The summed E-state index contributed by atoms with van der Waals surface area (Å²) in [5.41, 5.74) is 3.41. The Morgan fingerprint density at radius 3 is 2.10 bits per heavy atom. The van der Waals surface area contributed by atoms with Crippen LogP contribution in [-0.4, -0.2) is 19.0 Å². The highest BCUT2D eigenvalue weighted by Crippen LogP contribution is 2.32. The van der Waals surface area contributed by atoms with E-state index in [1.54, 1.807) is 0 Å². The van der Waals surface area contributed by atoms with Crippen molar-refractivity contribution in [2.24, 2.45) is 0 Å². The van der Waals surface area contributed by atoms with Crippen LogP contribution in [0.25, 0.3) is 11.1 Å². The van der Waals surface area contributed by atoms with E-state index in [-0.39, 0.29) is 0 Å². The van der Waals surface area contributed by atoms with Crippen LogP contribution in [0.15, 0.2) is 42.5 Å². The van der Waals surface area contributed by atoms with Crippen LogP contribution in [0.2, 0.25) is 0 Å². The third kappa shape index (κ3) is 3.85. The zero-order valence-corrected chi connectivity index (χ0v) is 12.3. The molecular weight excluding hydrogens is 275 g/mol. The van der Waals surface area contributed by atoms with Crippen molar-refractivity contribution in [2.75, 3.05) is 14.1 Å². The molecule has 0 saturated carbocycles. The van der Waals surface area contributed by atoms with Gasteiger partial charge in [0.15, 0.2) is 0 Å². The quantitative estimate of drug-likeness (QED) is 0.790. The third-order valence-electron chi connectivity index (χ3n) is 3.27. The molecule has 0 aromatic heterocycles. The maximum atomic E-state index is 12.6. The van der Waals surface area contributed by atoms with E-state index in [9.17, 15) is 13.2 Å². The molecule has 0 atom stereocenters. The van der Waals surface area contributed by atoms with Crippen molar-refractivity contribution in [1.82, 2.24) is 4.90 Å². The van der Waals surface area contributed by atoms with Crippen molar-refractivity contribution in [1.29, 1.82) is 0 Å². The van der Waals surface area contributed by atoms with Gasteiger partial charge in [-0.3, -0.25) is 0 Å². The van der Waals surface area contributed by atoms with Gasteiger partial charge in [0.25, 0.3) is 0 Å². The number of rotatable bonds is 3. The molecule has 112 valence electrons. The predicted molar refractivity (Wildman–Crippen MR) is 79.0 cm³/mol. The lowest BCUT2D eigenvalue weighted by Crippen LogP contribution is -2.11. The first-order valence-corrected chi connectivity index (χ1v) is 6.69. The van der Waals surface area contributed by atoms with E-state index in [0.29, 0.717) is 0 Å². The molecule has 4 heteroatoms. The van der Waals surface area contributed by atoms with E-state index < -0.39 is 11.7 Å². The third-order valence-corrected chi connectivity index (χ3v) is 3.27. The van der Waals surface area contributed by atoms with Gasteiger partial charge in [0.05, 0.1) is 5.56 Å². The van der Waals surface area contributed by atoms with Crippen LogP contribution in [0.5, 0.6) is 0 Å². The first-order valence-electron chi connectivity index (χ1n) is 6.69. The monoisotopic (exact) mass is 293 g/mol. The van der Waals surface area contributed by atoms with Crippen LogP contribution in [0.4, 0.5) is 13.2 Å². The highest BCUT2D eigenvalue weighted by Gasteiger charge is 2.30. The molecule has 0 radical (unpaired) electrons. The average Bonchev–Trinajstić information content (AvgIpc) is 2.37. The fraction of sp³-hybridized carbons (Fsp3) is 0.294. The molecule has 0 heterocycles. The van der Waals surface area contributed by atoms with Crippen molar-refractivity contribution in [3.05, 3.63) is 59.2 Å². The fourth-order valence-corrected chi connectivity index (χ4v) is 2.31. The second-order valence-electron chi connectivity index (χ2n) is 5.47. The number of hydrogen-bond acceptors (Lipinski definition) is 1. The fourth-order valence-electron chi connectivity index (χ4n) is 2.31. The van der Waals surface area contributed by atoms with Gasteiger partial charge in [-0.1, -0.05) is 35.9 Å². The number of aryl methyl sites for hydroxylation is 1. The number of hydrogen-bond donors (Lipinski definition) is 0. The van der Waals surface area contributed by atoms with Gasteiger partial charge in [-0.15, -0.1) is 0 Å². The molecule has 0 bridgehead atoms. The summed E-state index contributed by atoms with van der Waals surface area (Å²) in [6.07, 6.45) is -4.29. The SMILES string of the molecule is Cc1ccc(-c2ccc(C(F)(F)F)cc2)c(CN(C)C)c1. The number of nitrogens with zero attached hydrogens (tertiary/aromatic N) is 1. The van der Waals surface area contributed by atoms with Crippen LogP contribution < -0.4 is 0 Å². The molecule has 0 unspecified atom stereocenters. The molecule has 0 aliphatic rings. The predicted octanol–water partition coefficient (Wildman–Crippen LogP) is 4.74. The van der Waals surface area contributed by atoms with Gasteiger partial charge in [-0.2, -0.15) is 13.2 Å². The molecule has 0 N–H and O–H groups in total. The van der Waals surface area contributed by atoms with E-state index in [4.69, 9.17) is 0 Å². The van der Waals surface area contributed by atoms with Crippen molar-refractivity contribution in [3.63, 3.8) is 0 Å². The second-order valence-corrected chi connectivity index (χ2v) is 5.47. The Hall–Kier alpha value is -1.81. The van der Waals surface area contributed by atoms with Crippen LogP contribution in [0, 0.1) is 6.92 Å². The molecule has 0 fully saturated rings. The molecule has 0 spiro atoms. The molecule has 1 nitrogen and oxygen atoms in total. The molecule has 2 aromatic carbocycles. The van der Waals surface area contributed by atoms with Gasteiger partial charge in [0, 0.05) is 6.54 Å². The average molecular weight is 293 g/mol. The van der Waals surface area contributed by atoms with Gasteiger partial charge in [-0.25, -0.2) is 0 Å². The van der Waals surface area contributed by atoms with Crippen LogP contribution in [0.1, 0.15) is 16.7 Å². The largest absolute Gasteiger partial charge is 0.416 e. The molecule has 0 aliphatic heterocycles. The Balaban J connectivity index is 2.42. The van der Waals surface area contributed by atoms with Gasteiger partial charge in [-0.05, 0) is 49.8 Å². The number of benzene rings is 2. The van der Waals surface area contributed by atoms with Crippen LogP contribution in [0.3, 0.4) is 0 Å². The summed E-state index contributed by atoms with van der Waals surface area (Å²) in [7, 11) is 3.94. The topological polar surface area (TPSA) is 3.24 Å². The smallest absolute Gasteiger partial charge is 0.305 e. The molecular formula is C17H18F3N. The minimum absolute atomic E-state index is 0.618. The Labute approximate surface area is 123 Å². The Morgan fingerprint density at radius 1 is 0.952 bits per heavy atom. The highest BCUT2D eigenvalue weighted by molar-refractivity contribution is 5.68. The summed E-state index contributed by atoms with van der Waals surface area (Å²) in [5.74, 6) is 0. The Kier molecular flexibility index (Phi) is 4.37. The van der Waals surface area contributed by atoms with E-state index >= 15 is 0 Å². The number of halogens is 3. The van der Waals surface area contributed by atoms with Crippen molar-refractivity contribution in [2.45, 2.75) is 19.6 Å². The lowest BCUT2D eigenvalue weighted by molar-refractivity contribution is -0.137. The molecule has 2 rings (SSSR count). The summed E-state index contributed by atoms with van der Waals surface area (Å²) < 4.78 is 37.9. The van der Waals surface area contributed by atoms with E-state index in [1.165, 1.54) is 12.1 Å². The van der Waals surface area contributed by atoms with Gasteiger partial charge in [0.2, 0.25) is 0 Å². The minimum Gasteiger partial charge on any atom is -0.305 e. The Bertz CT molecular complexity index is 613. The van der Waals surface area contributed by atoms with Gasteiger partial charge < -0.3 is 4.90 Å². The first kappa shape index (κ1) is 15.6. The molecule has 0 aliphatic carbocycles. The van der Waals surface area contributed by atoms with E-state index in [1.807, 2.05) is 38.1 Å².